The van der Waals surface area contributed by atoms with Gasteiger partial charge in [-0.25, -0.2) is 9.40 Å². The first-order valence-corrected chi connectivity index (χ1v) is 14.6. The number of rotatable bonds is 11. The molecule has 0 bridgehead atoms. The highest BCUT2D eigenvalue weighted by Gasteiger charge is 2.59. The first-order chi connectivity index (χ1) is 21.2. The van der Waals surface area contributed by atoms with Crippen molar-refractivity contribution in [1.29, 1.82) is 0 Å². The van der Waals surface area contributed by atoms with Crippen molar-refractivity contribution < 1.29 is 41.7 Å². The van der Waals surface area contributed by atoms with Gasteiger partial charge in [-0.3, -0.25) is 4.79 Å². The normalized spacial score (nSPS) is 22.1. The Balaban J connectivity index is 1.55. The molecule has 234 valence electrons. The molecule has 1 fully saturated rings. The van der Waals surface area contributed by atoms with E-state index in [-0.39, 0.29) is 43.1 Å². The zero-order valence-electron chi connectivity index (χ0n) is 24.0. The van der Waals surface area contributed by atoms with Crippen LogP contribution in [-0.2, 0) is 26.4 Å². The molecule has 3 aromatic carbocycles. The van der Waals surface area contributed by atoms with Crippen LogP contribution in [0.25, 0.3) is 0 Å². The van der Waals surface area contributed by atoms with Crippen molar-refractivity contribution >= 4 is 11.6 Å². The summed E-state index contributed by atoms with van der Waals surface area (Å²) in [6.07, 6.45) is -2.93. The molecule has 2 heterocycles. The summed E-state index contributed by atoms with van der Waals surface area (Å²) in [7, 11) is 0. The van der Waals surface area contributed by atoms with Crippen LogP contribution in [0.5, 0.6) is 5.75 Å². The third kappa shape index (κ3) is 6.80. The van der Waals surface area contributed by atoms with E-state index in [9.17, 15) is 27.5 Å². The van der Waals surface area contributed by atoms with Gasteiger partial charge in [0.2, 0.25) is 0 Å². The Morgan fingerprint density at radius 1 is 1.05 bits per heavy atom. The van der Waals surface area contributed by atoms with E-state index >= 15 is 0 Å². The van der Waals surface area contributed by atoms with E-state index in [2.05, 4.69) is 5.10 Å². The Morgan fingerprint density at radius 2 is 1.77 bits per heavy atom. The number of halogens is 4. The first-order valence-electron chi connectivity index (χ1n) is 14.6. The highest BCUT2D eigenvalue weighted by Crippen LogP contribution is 2.49. The van der Waals surface area contributed by atoms with Crippen LogP contribution >= 0.6 is 0 Å². The average molecular weight is 615 g/mol. The molecular weight excluding hydrogens is 580 g/mol. The van der Waals surface area contributed by atoms with Crippen molar-refractivity contribution in [2.75, 3.05) is 19.8 Å². The smallest absolute Gasteiger partial charge is 0.473 e. The van der Waals surface area contributed by atoms with Crippen molar-refractivity contribution in [3.05, 3.63) is 101 Å². The number of nitrogens with zero attached hydrogens (tertiary/aromatic N) is 2. The lowest BCUT2D eigenvalue weighted by Crippen LogP contribution is -2.53. The number of alkyl halides is 3. The maximum Gasteiger partial charge on any atom is 0.473 e. The molecule has 44 heavy (non-hydrogen) atoms. The van der Waals surface area contributed by atoms with Gasteiger partial charge in [0, 0.05) is 18.8 Å². The molecule has 3 aromatic rings. The highest BCUT2D eigenvalue weighted by molar-refractivity contribution is 6.07. The molecule has 0 aromatic heterocycles. The van der Waals surface area contributed by atoms with Gasteiger partial charge in [0.05, 0.1) is 18.2 Å². The molecule has 1 saturated heterocycles. The number of amides is 1. The van der Waals surface area contributed by atoms with Crippen LogP contribution in [0.2, 0.25) is 0 Å². The Labute approximate surface area is 253 Å². The topological polar surface area (TPSA) is 80.6 Å². The van der Waals surface area contributed by atoms with E-state index in [1.54, 1.807) is 30.3 Å². The summed E-state index contributed by atoms with van der Waals surface area (Å²) >= 11 is 0. The van der Waals surface area contributed by atoms with Gasteiger partial charge in [0.15, 0.2) is 6.29 Å². The predicted molar refractivity (Wildman–Crippen MR) is 154 cm³/mol. The van der Waals surface area contributed by atoms with E-state index < -0.39 is 42.3 Å². The van der Waals surface area contributed by atoms with E-state index in [4.69, 9.17) is 14.2 Å². The van der Waals surface area contributed by atoms with Crippen molar-refractivity contribution in [2.45, 2.75) is 56.7 Å². The molecule has 0 saturated carbocycles. The summed E-state index contributed by atoms with van der Waals surface area (Å²) in [5.74, 6) is -3.90. The van der Waals surface area contributed by atoms with E-state index in [1.807, 2.05) is 30.3 Å². The molecule has 5 rings (SSSR count). The third-order valence-electron chi connectivity index (χ3n) is 7.98. The molecular formula is C33H34F4N2O5. The monoisotopic (exact) mass is 614 g/mol. The van der Waals surface area contributed by atoms with E-state index in [1.165, 1.54) is 12.1 Å². The number of benzene rings is 3. The lowest BCUT2D eigenvalue weighted by Gasteiger charge is -2.41. The molecule has 0 radical (unpaired) electrons. The summed E-state index contributed by atoms with van der Waals surface area (Å²) < 4.78 is 74.7. The largest absolute Gasteiger partial charge is 0.488 e. The van der Waals surface area contributed by atoms with Crippen LogP contribution in [-0.4, -0.2) is 54.0 Å². The molecule has 0 spiro atoms. The Kier molecular flexibility index (Phi) is 9.97. The minimum atomic E-state index is -5.28. The van der Waals surface area contributed by atoms with Crippen LogP contribution in [0.3, 0.4) is 0 Å². The van der Waals surface area contributed by atoms with E-state index in [0.717, 1.165) is 24.5 Å². The Morgan fingerprint density at radius 3 is 2.43 bits per heavy atom. The summed E-state index contributed by atoms with van der Waals surface area (Å²) in [6.45, 7) is 0.119. The number of carbonyl (C=O) groups excluding carboxylic acids is 1. The highest BCUT2D eigenvalue weighted by atomic mass is 19.4. The summed E-state index contributed by atoms with van der Waals surface area (Å²) in [4.78, 5) is 13.1. The molecule has 0 aliphatic carbocycles. The Hall–Kier alpha value is -3.80. The summed E-state index contributed by atoms with van der Waals surface area (Å²) in [5.41, 5.74) is -0.660. The van der Waals surface area contributed by atoms with Crippen LogP contribution in [0.4, 0.5) is 17.6 Å². The van der Waals surface area contributed by atoms with Crippen LogP contribution < -0.4 is 4.74 Å². The number of aliphatic hydroxyl groups excluding tert-OH is 1. The zero-order valence-corrected chi connectivity index (χ0v) is 24.0. The summed E-state index contributed by atoms with van der Waals surface area (Å²) in [6, 6.07) is 21.0. The number of hydrazone groups is 1. The van der Waals surface area contributed by atoms with Crippen molar-refractivity contribution in [1.82, 2.24) is 5.01 Å². The van der Waals surface area contributed by atoms with Gasteiger partial charge in [-0.15, -0.1) is 0 Å². The standard InChI is InChI=1S/C33H34F4N2O5/c34-25-15-16-28(44-22-23-10-3-1-4-11-23)26(20-25)30-27(21-40)32(24-12-5-2-6-13-24,39(38-30)31(41)33(35,36)37)17-9-19-43-29-14-7-8-18-42-29/h1-6,10-13,15-16,20,27,29,40H,7-9,14,17-19,21-22H2. The van der Waals surface area contributed by atoms with Crippen molar-refractivity contribution in [3.8, 4) is 5.75 Å². The molecule has 3 unspecified atom stereocenters. The van der Waals surface area contributed by atoms with Gasteiger partial charge < -0.3 is 19.3 Å². The zero-order chi connectivity index (χ0) is 31.2. The molecule has 2 aliphatic rings. The SMILES string of the molecule is O=C(N1N=C(c2cc(F)ccc2OCc2ccccc2)C(CO)C1(CCCOC1CCCCO1)c1ccccc1)C(F)(F)F. The second-order valence-corrected chi connectivity index (χ2v) is 10.8. The van der Waals surface area contributed by atoms with Gasteiger partial charge in [0.25, 0.3) is 0 Å². The minimum absolute atomic E-state index is 0.0424. The fourth-order valence-electron chi connectivity index (χ4n) is 5.90. The average Bonchev–Trinajstić information content (AvgIpc) is 3.37. The molecule has 1 amide bonds. The van der Waals surface area contributed by atoms with Crippen molar-refractivity contribution in [3.63, 3.8) is 0 Å². The molecule has 1 N–H and O–H groups in total. The van der Waals surface area contributed by atoms with Gasteiger partial charge in [-0.2, -0.15) is 18.3 Å². The van der Waals surface area contributed by atoms with Crippen LogP contribution in [0, 0.1) is 11.7 Å². The van der Waals surface area contributed by atoms with E-state index in [0.29, 0.717) is 23.6 Å². The Bertz CT molecular complexity index is 1430. The number of hydrogen-bond acceptors (Lipinski definition) is 6. The molecule has 7 nitrogen and oxygen atoms in total. The third-order valence-corrected chi connectivity index (χ3v) is 7.98. The number of carbonyl (C=O) groups is 1. The molecule has 3 atom stereocenters. The maximum atomic E-state index is 14.7. The predicted octanol–water partition coefficient (Wildman–Crippen LogP) is 6.34. The number of ether oxygens (including phenoxy) is 3. The van der Waals surface area contributed by atoms with Gasteiger partial charge >= 0.3 is 12.1 Å². The lowest BCUT2D eigenvalue weighted by molar-refractivity contribution is -0.194. The van der Waals surface area contributed by atoms with Gasteiger partial charge in [-0.1, -0.05) is 60.7 Å². The van der Waals surface area contributed by atoms with Crippen molar-refractivity contribution in [2.24, 2.45) is 11.0 Å². The number of aliphatic hydroxyl groups is 1. The fraction of sp³-hybridized carbons (Fsp3) is 0.394. The quantitative estimate of drug-likeness (QED) is 0.201. The van der Waals surface area contributed by atoms with Gasteiger partial charge in [-0.05, 0) is 61.4 Å². The molecule has 2 aliphatic heterocycles. The number of hydrogen-bond donors (Lipinski definition) is 1. The van der Waals surface area contributed by atoms with Crippen LogP contribution in [0.1, 0.15) is 48.8 Å². The fourth-order valence-corrected chi connectivity index (χ4v) is 5.90. The minimum Gasteiger partial charge on any atom is -0.488 e. The molecule has 11 heteroatoms. The van der Waals surface area contributed by atoms with Crippen LogP contribution in [0.15, 0.2) is 84.0 Å². The summed E-state index contributed by atoms with van der Waals surface area (Å²) in [5, 5.41) is 15.5. The second-order valence-electron chi connectivity index (χ2n) is 10.8. The lowest BCUT2D eigenvalue weighted by atomic mass is 9.72. The van der Waals surface area contributed by atoms with Gasteiger partial charge in [0.1, 0.15) is 23.7 Å². The second kappa shape index (κ2) is 13.9. The first kappa shape index (κ1) is 31.6. The maximum absolute atomic E-state index is 14.7.